The Morgan fingerprint density at radius 1 is 1.46 bits per heavy atom. The Kier molecular flexibility index (Phi) is 1.95. The summed E-state index contributed by atoms with van der Waals surface area (Å²) in [7, 11) is 0. The highest BCUT2D eigenvalue weighted by Crippen LogP contribution is 2.39. The van der Waals surface area contributed by atoms with Crippen molar-refractivity contribution in [3.05, 3.63) is 23.0 Å². The van der Waals surface area contributed by atoms with E-state index in [1.165, 1.54) is 16.8 Å². The molecule has 1 aromatic heterocycles. The van der Waals surface area contributed by atoms with Gasteiger partial charge in [0.05, 0.1) is 5.60 Å². The fourth-order valence-corrected chi connectivity index (χ4v) is 1.82. The van der Waals surface area contributed by atoms with Gasteiger partial charge in [0.25, 0.3) is 0 Å². The zero-order chi connectivity index (χ0) is 9.47. The number of aromatic amines is 1. The van der Waals surface area contributed by atoms with Crippen LogP contribution in [-0.4, -0.2) is 15.7 Å². The van der Waals surface area contributed by atoms with Crippen LogP contribution in [0, 0.1) is 13.8 Å². The number of H-pyrrole nitrogens is 1. The molecule has 1 heterocycles. The number of aryl methyl sites for hydroxylation is 2. The van der Waals surface area contributed by atoms with Crippen molar-refractivity contribution in [1.82, 2.24) is 4.98 Å². The molecule has 0 amide bonds. The van der Waals surface area contributed by atoms with E-state index >= 15 is 0 Å². The van der Waals surface area contributed by atoms with Crippen LogP contribution in [0.25, 0.3) is 0 Å². The van der Waals surface area contributed by atoms with Crippen molar-refractivity contribution in [1.29, 1.82) is 0 Å². The van der Waals surface area contributed by atoms with E-state index in [4.69, 9.17) is 0 Å². The monoisotopic (exact) mass is 179 g/mol. The van der Waals surface area contributed by atoms with Gasteiger partial charge >= 0.3 is 0 Å². The van der Waals surface area contributed by atoms with Gasteiger partial charge in [-0.05, 0) is 50.7 Å². The molecule has 2 rings (SSSR count). The molecule has 1 saturated carbocycles. The van der Waals surface area contributed by atoms with Crippen LogP contribution >= 0.6 is 0 Å². The largest absolute Gasteiger partial charge is 0.390 e. The maximum Gasteiger partial charge on any atom is 0.0653 e. The molecule has 1 aliphatic rings. The molecule has 72 valence electrons. The Balaban J connectivity index is 2.00. The highest BCUT2D eigenvalue weighted by Gasteiger charge is 2.39. The molecule has 1 aromatic rings. The van der Waals surface area contributed by atoms with Gasteiger partial charge in [0.15, 0.2) is 0 Å². The molecule has 0 aromatic carbocycles. The zero-order valence-corrected chi connectivity index (χ0v) is 8.35. The van der Waals surface area contributed by atoms with Crippen molar-refractivity contribution in [2.45, 2.75) is 45.1 Å². The summed E-state index contributed by atoms with van der Waals surface area (Å²) < 4.78 is 0. The molecule has 2 nitrogen and oxygen atoms in total. The van der Waals surface area contributed by atoms with Crippen molar-refractivity contribution in [3.63, 3.8) is 0 Å². The Hall–Kier alpha value is -0.760. The third-order valence-corrected chi connectivity index (χ3v) is 3.10. The van der Waals surface area contributed by atoms with E-state index in [1.54, 1.807) is 0 Å². The molecule has 0 radical (unpaired) electrons. The first-order valence-corrected chi connectivity index (χ1v) is 4.97. The van der Waals surface area contributed by atoms with E-state index in [0.717, 1.165) is 25.7 Å². The molecule has 0 spiro atoms. The van der Waals surface area contributed by atoms with Gasteiger partial charge in [-0.3, -0.25) is 0 Å². The summed E-state index contributed by atoms with van der Waals surface area (Å²) >= 11 is 0. The van der Waals surface area contributed by atoms with Crippen LogP contribution in [0.5, 0.6) is 0 Å². The Bertz CT molecular complexity index is 290. The first-order chi connectivity index (χ1) is 6.11. The van der Waals surface area contributed by atoms with Crippen LogP contribution in [0.4, 0.5) is 0 Å². The third kappa shape index (κ3) is 1.78. The lowest BCUT2D eigenvalue weighted by Crippen LogP contribution is -2.08. The summed E-state index contributed by atoms with van der Waals surface area (Å²) in [6, 6.07) is 0. The average molecular weight is 179 g/mol. The van der Waals surface area contributed by atoms with Gasteiger partial charge in [0.1, 0.15) is 0 Å². The number of aromatic nitrogens is 1. The van der Waals surface area contributed by atoms with Crippen molar-refractivity contribution in [2.75, 3.05) is 0 Å². The fraction of sp³-hybridized carbons (Fsp3) is 0.636. The molecule has 2 heteroatoms. The second-order valence-electron chi connectivity index (χ2n) is 4.30. The highest BCUT2D eigenvalue weighted by atomic mass is 16.3. The van der Waals surface area contributed by atoms with Crippen molar-refractivity contribution < 1.29 is 5.11 Å². The summed E-state index contributed by atoms with van der Waals surface area (Å²) in [5.74, 6) is 0. The summed E-state index contributed by atoms with van der Waals surface area (Å²) in [6.07, 6.45) is 5.97. The summed E-state index contributed by atoms with van der Waals surface area (Å²) in [5, 5.41) is 9.70. The predicted octanol–water partition coefficient (Wildman–Crippen LogP) is 2.09. The molecule has 1 fully saturated rings. The number of rotatable bonds is 3. The first-order valence-electron chi connectivity index (χ1n) is 4.97. The molecule has 1 aliphatic carbocycles. The van der Waals surface area contributed by atoms with Crippen LogP contribution in [0.1, 0.15) is 36.1 Å². The molecular formula is C11H17NO. The van der Waals surface area contributed by atoms with Gasteiger partial charge in [0, 0.05) is 11.9 Å². The lowest BCUT2D eigenvalue weighted by Gasteiger charge is -2.07. The topological polar surface area (TPSA) is 36.0 Å². The summed E-state index contributed by atoms with van der Waals surface area (Å²) in [5.41, 5.74) is 3.65. The second-order valence-corrected chi connectivity index (χ2v) is 4.30. The molecular weight excluding hydrogens is 162 g/mol. The second kappa shape index (κ2) is 2.88. The van der Waals surface area contributed by atoms with E-state index < -0.39 is 0 Å². The summed E-state index contributed by atoms with van der Waals surface area (Å²) in [4.78, 5) is 3.21. The number of nitrogens with one attached hydrogen (secondary N) is 1. The molecule has 13 heavy (non-hydrogen) atoms. The van der Waals surface area contributed by atoms with Crippen molar-refractivity contribution in [2.24, 2.45) is 0 Å². The Morgan fingerprint density at radius 3 is 2.62 bits per heavy atom. The SMILES string of the molecule is Cc1c[nH]c(C)c1CCC1(O)CC1. The van der Waals surface area contributed by atoms with Gasteiger partial charge in [-0.15, -0.1) is 0 Å². The van der Waals surface area contributed by atoms with E-state index in [9.17, 15) is 5.11 Å². The van der Waals surface area contributed by atoms with Crippen LogP contribution in [0.2, 0.25) is 0 Å². The molecule has 0 bridgehead atoms. The highest BCUT2D eigenvalue weighted by molar-refractivity contribution is 5.29. The van der Waals surface area contributed by atoms with Crippen LogP contribution in [0.15, 0.2) is 6.20 Å². The Morgan fingerprint density at radius 2 is 2.15 bits per heavy atom. The quantitative estimate of drug-likeness (QED) is 0.732. The van der Waals surface area contributed by atoms with Crippen LogP contribution < -0.4 is 0 Å². The van der Waals surface area contributed by atoms with E-state index in [0.29, 0.717) is 0 Å². The number of hydrogen-bond acceptors (Lipinski definition) is 1. The van der Waals surface area contributed by atoms with Gasteiger partial charge < -0.3 is 10.1 Å². The lowest BCUT2D eigenvalue weighted by atomic mass is 10.0. The first kappa shape index (κ1) is 8.82. The average Bonchev–Trinajstić information content (AvgIpc) is 2.72. The summed E-state index contributed by atoms with van der Waals surface area (Å²) in [6.45, 7) is 4.22. The molecule has 2 N–H and O–H groups in total. The van der Waals surface area contributed by atoms with Crippen LogP contribution in [0.3, 0.4) is 0 Å². The number of hydrogen-bond donors (Lipinski definition) is 2. The smallest absolute Gasteiger partial charge is 0.0653 e. The maximum atomic E-state index is 9.70. The molecule has 0 unspecified atom stereocenters. The molecule has 0 aliphatic heterocycles. The number of aliphatic hydroxyl groups is 1. The van der Waals surface area contributed by atoms with E-state index in [1.807, 2.05) is 6.20 Å². The minimum atomic E-state index is -0.309. The third-order valence-electron chi connectivity index (χ3n) is 3.10. The lowest BCUT2D eigenvalue weighted by molar-refractivity contribution is 0.140. The van der Waals surface area contributed by atoms with E-state index in [2.05, 4.69) is 18.8 Å². The standard InChI is InChI=1S/C11H17NO/c1-8-7-12-9(2)10(8)3-4-11(13)5-6-11/h7,12-13H,3-6H2,1-2H3. The van der Waals surface area contributed by atoms with Crippen LogP contribution in [-0.2, 0) is 6.42 Å². The predicted molar refractivity (Wildman–Crippen MR) is 52.8 cm³/mol. The van der Waals surface area contributed by atoms with Gasteiger partial charge in [-0.2, -0.15) is 0 Å². The van der Waals surface area contributed by atoms with E-state index in [-0.39, 0.29) is 5.60 Å². The Labute approximate surface area is 79.0 Å². The minimum absolute atomic E-state index is 0.309. The normalized spacial score (nSPS) is 19.0. The van der Waals surface area contributed by atoms with Gasteiger partial charge in [0.2, 0.25) is 0 Å². The van der Waals surface area contributed by atoms with Gasteiger partial charge in [-0.1, -0.05) is 0 Å². The molecule has 0 saturated heterocycles. The maximum absolute atomic E-state index is 9.70. The fourth-order valence-electron chi connectivity index (χ4n) is 1.82. The van der Waals surface area contributed by atoms with Crippen molar-refractivity contribution in [3.8, 4) is 0 Å². The molecule has 0 atom stereocenters. The van der Waals surface area contributed by atoms with Gasteiger partial charge in [-0.25, -0.2) is 0 Å². The minimum Gasteiger partial charge on any atom is -0.390 e. The zero-order valence-electron chi connectivity index (χ0n) is 8.35. The van der Waals surface area contributed by atoms with Crippen molar-refractivity contribution >= 4 is 0 Å².